The summed E-state index contributed by atoms with van der Waals surface area (Å²) in [5, 5.41) is 6.29. The number of aliphatic imine (C=N–C) groups is 1. The molecular weight excluding hydrogens is 503 g/mol. The van der Waals surface area contributed by atoms with Crippen LogP contribution in [0.4, 0.5) is 17.6 Å². The summed E-state index contributed by atoms with van der Waals surface area (Å²) in [6.07, 6.45) is -2.93. The molecule has 5 nitrogen and oxygen atoms in total. The van der Waals surface area contributed by atoms with Crippen LogP contribution in [0.25, 0.3) is 0 Å². The topological polar surface area (TPSA) is 48.9 Å². The summed E-state index contributed by atoms with van der Waals surface area (Å²) in [6.45, 7) is 4.16. The Kier molecular flexibility index (Phi) is 10.1. The van der Waals surface area contributed by atoms with Crippen molar-refractivity contribution >= 4 is 29.9 Å². The van der Waals surface area contributed by atoms with Crippen molar-refractivity contribution in [2.45, 2.75) is 38.0 Å². The average molecular weight is 532 g/mol. The minimum atomic E-state index is -4.63. The number of rotatable bonds is 6. The van der Waals surface area contributed by atoms with E-state index in [-0.39, 0.29) is 41.6 Å². The van der Waals surface area contributed by atoms with Crippen molar-refractivity contribution < 1.29 is 22.3 Å². The van der Waals surface area contributed by atoms with E-state index in [1.165, 1.54) is 0 Å². The van der Waals surface area contributed by atoms with E-state index in [2.05, 4.69) is 20.5 Å². The molecule has 29 heavy (non-hydrogen) atoms. The zero-order chi connectivity index (χ0) is 20.8. The van der Waals surface area contributed by atoms with E-state index in [0.29, 0.717) is 38.3 Å². The SMILES string of the molecule is CCNC(=NCc1ccc(F)cc1C(F)(F)F)NCC1(N(C)C)CCOCC1.I. The molecule has 0 spiro atoms. The van der Waals surface area contributed by atoms with Crippen molar-refractivity contribution in [2.24, 2.45) is 4.99 Å². The van der Waals surface area contributed by atoms with Gasteiger partial charge in [-0.15, -0.1) is 24.0 Å². The van der Waals surface area contributed by atoms with Gasteiger partial charge in [0.05, 0.1) is 12.1 Å². The highest BCUT2D eigenvalue weighted by Gasteiger charge is 2.35. The van der Waals surface area contributed by atoms with Crippen molar-refractivity contribution in [3.63, 3.8) is 0 Å². The Balaban J connectivity index is 0.00000420. The average Bonchev–Trinajstić information content (AvgIpc) is 2.64. The molecule has 0 aliphatic carbocycles. The fourth-order valence-electron chi connectivity index (χ4n) is 3.24. The van der Waals surface area contributed by atoms with E-state index >= 15 is 0 Å². The number of alkyl halides is 3. The lowest BCUT2D eigenvalue weighted by Gasteiger charge is -2.43. The van der Waals surface area contributed by atoms with Crippen LogP contribution in [0.3, 0.4) is 0 Å². The Morgan fingerprint density at radius 1 is 1.21 bits per heavy atom. The molecule has 1 saturated heterocycles. The summed E-state index contributed by atoms with van der Waals surface area (Å²) in [6, 6.07) is 2.66. The van der Waals surface area contributed by atoms with Gasteiger partial charge in [0.25, 0.3) is 0 Å². The highest BCUT2D eigenvalue weighted by atomic mass is 127. The maximum absolute atomic E-state index is 13.3. The predicted molar refractivity (Wildman–Crippen MR) is 116 cm³/mol. The lowest BCUT2D eigenvalue weighted by atomic mass is 9.88. The van der Waals surface area contributed by atoms with E-state index in [1.807, 2.05) is 21.0 Å². The number of halogens is 5. The number of guanidine groups is 1. The van der Waals surface area contributed by atoms with E-state index in [9.17, 15) is 17.6 Å². The second-order valence-corrected chi connectivity index (χ2v) is 7.08. The Morgan fingerprint density at radius 3 is 2.41 bits per heavy atom. The third-order valence-corrected chi connectivity index (χ3v) is 5.09. The summed E-state index contributed by atoms with van der Waals surface area (Å²) in [4.78, 5) is 6.43. The molecule has 1 aliphatic heterocycles. The molecule has 166 valence electrons. The molecule has 1 heterocycles. The van der Waals surface area contributed by atoms with Crippen LogP contribution in [0.15, 0.2) is 23.2 Å². The fourth-order valence-corrected chi connectivity index (χ4v) is 3.24. The van der Waals surface area contributed by atoms with Gasteiger partial charge < -0.3 is 20.3 Å². The van der Waals surface area contributed by atoms with Gasteiger partial charge in [-0.05, 0) is 51.6 Å². The van der Waals surface area contributed by atoms with Crippen LogP contribution in [-0.4, -0.2) is 56.8 Å². The van der Waals surface area contributed by atoms with Crippen molar-refractivity contribution in [1.29, 1.82) is 0 Å². The molecule has 0 radical (unpaired) electrons. The molecule has 10 heteroatoms. The molecule has 1 aliphatic rings. The first-order chi connectivity index (χ1) is 13.2. The van der Waals surface area contributed by atoms with E-state index in [0.717, 1.165) is 25.0 Å². The molecule has 0 saturated carbocycles. The van der Waals surface area contributed by atoms with Crippen LogP contribution in [0.5, 0.6) is 0 Å². The molecule has 0 bridgehead atoms. The summed E-state index contributed by atoms with van der Waals surface area (Å²) in [7, 11) is 4.01. The van der Waals surface area contributed by atoms with Crippen molar-refractivity contribution in [3.8, 4) is 0 Å². The maximum Gasteiger partial charge on any atom is 0.416 e. The first-order valence-corrected chi connectivity index (χ1v) is 9.31. The normalized spacial score (nSPS) is 17.0. The van der Waals surface area contributed by atoms with Crippen LogP contribution in [-0.2, 0) is 17.5 Å². The standard InChI is InChI=1S/C19H28F4N4O.HI/c1-4-24-17(26-13-18(27(2)3)7-9-28-10-8-18)25-12-14-5-6-15(20)11-16(14)19(21,22)23;/h5-6,11H,4,7-10,12-13H2,1-3H3,(H2,24,25,26);1H. The molecule has 0 atom stereocenters. The second-order valence-electron chi connectivity index (χ2n) is 7.08. The summed E-state index contributed by atoms with van der Waals surface area (Å²) < 4.78 is 58.2. The van der Waals surface area contributed by atoms with Crippen molar-refractivity contribution in [2.75, 3.05) is 40.4 Å². The Morgan fingerprint density at radius 2 is 1.86 bits per heavy atom. The van der Waals surface area contributed by atoms with Crippen LogP contribution in [0, 0.1) is 5.82 Å². The Labute approximate surface area is 186 Å². The molecule has 2 rings (SSSR count). The van der Waals surface area contributed by atoms with Gasteiger partial charge >= 0.3 is 6.18 Å². The number of hydrogen-bond donors (Lipinski definition) is 2. The zero-order valence-corrected chi connectivity index (χ0v) is 19.2. The fraction of sp³-hybridized carbons (Fsp3) is 0.632. The van der Waals surface area contributed by atoms with Gasteiger partial charge in [0.15, 0.2) is 5.96 Å². The van der Waals surface area contributed by atoms with Crippen LogP contribution in [0.2, 0.25) is 0 Å². The minimum Gasteiger partial charge on any atom is -0.381 e. The summed E-state index contributed by atoms with van der Waals surface area (Å²) in [5.74, 6) is -0.495. The van der Waals surface area contributed by atoms with Crippen molar-refractivity contribution in [3.05, 3.63) is 35.1 Å². The summed E-state index contributed by atoms with van der Waals surface area (Å²) in [5.41, 5.74) is -1.18. The number of benzene rings is 1. The first-order valence-electron chi connectivity index (χ1n) is 9.31. The van der Waals surface area contributed by atoms with Gasteiger partial charge in [0.2, 0.25) is 0 Å². The van der Waals surface area contributed by atoms with E-state index < -0.39 is 17.6 Å². The number of hydrogen-bond acceptors (Lipinski definition) is 3. The highest BCUT2D eigenvalue weighted by Crippen LogP contribution is 2.33. The van der Waals surface area contributed by atoms with Crippen LogP contribution >= 0.6 is 24.0 Å². The van der Waals surface area contributed by atoms with Crippen LogP contribution in [0.1, 0.15) is 30.9 Å². The second kappa shape index (κ2) is 11.3. The van der Waals surface area contributed by atoms with Crippen LogP contribution < -0.4 is 10.6 Å². The number of likely N-dealkylation sites (N-methyl/N-ethyl adjacent to an activating group) is 1. The molecular formula is C19H29F4IN4O. The largest absolute Gasteiger partial charge is 0.416 e. The molecule has 0 aromatic heterocycles. The minimum absolute atomic E-state index is 0. The maximum atomic E-state index is 13.3. The Hall–Kier alpha value is -1.14. The molecule has 1 aromatic rings. The van der Waals surface area contributed by atoms with Gasteiger partial charge in [0.1, 0.15) is 5.82 Å². The van der Waals surface area contributed by atoms with Gasteiger partial charge in [-0.3, -0.25) is 0 Å². The van der Waals surface area contributed by atoms with Gasteiger partial charge in [0, 0.05) is 31.8 Å². The monoisotopic (exact) mass is 532 g/mol. The predicted octanol–water partition coefficient (Wildman–Crippen LogP) is 3.63. The van der Waals surface area contributed by atoms with Crippen molar-refractivity contribution in [1.82, 2.24) is 15.5 Å². The molecule has 2 N–H and O–H groups in total. The van der Waals surface area contributed by atoms with Gasteiger partial charge in [-0.2, -0.15) is 13.2 Å². The molecule has 0 unspecified atom stereocenters. The smallest absolute Gasteiger partial charge is 0.381 e. The molecule has 1 aromatic carbocycles. The number of nitrogens with one attached hydrogen (secondary N) is 2. The third-order valence-electron chi connectivity index (χ3n) is 5.09. The lowest BCUT2D eigenvalue weighted by Crippen LogP contribution is -2.57. The van der Waals surface area contributed by atoms with E-state index in [4.69, 9.17) is 4.74 Å². The Bertz CT molecular complexity index is 677. The zero-order valence-electron chi connectivity index (χ0n) is 16.9. The summed E-state index contributed by atoms with van der Waals surface area (Å²) >= 11 is 0. The van der Waals surface area contributed by atoms with Gasteiger partial charge in [-0.1, -0.05) is 6.07 Å². The third kappa shape index (κ3) is 7.25. The number of ether oxygens (including phenoxy) is 1. The highest BCUT2D eigenvalue weighted by molar-refractivity contribution is 14.0. The quantitative estimate of drug-likeness (QED) is 0.255. The number of nitrogens with zero attached hydrogens (tertiary/aromatic N) is 2. The lowest BCUT2D eigenvalue weighted by molar-refractivity contribution is -0.138. The molecule has 0 amide bonds. The van der Waals surface area contributed by atoms with E-state index in [1.54, 1.807) is 0 Å². The van der Waals surface area contributed by atoms with Gasteiger partial charge in [-0.25, -0.2) is 9.38 Å². The first kappa shape index (κ1) is 25.9. The molecule has 1 fully saturated rings.